The second kappa shape index (κ2) is 8.16. The average molecular weight is 266 g/mol. The van der Waals surface area contributed by atoms with Crippen LogP contribution >= 0.6 is 11.8 Å². The highest BCUT2D eigenvalue weighted by Gasteiger charge is 2.18. The average Bonchev–Trinajstić information content (AvgIpc) is 2.36. The summed E-state index contributed by atoms with van der Waals surface area (Å²) in [5, 5.41) is 0. The molecule has 18 heavy (non-hydrogen) atoms. The molecular formula is C14H22N2OS. The molecule has 0 bridgehead atoms. The van der Waals surface area contributed by atoms with Crippen molar-refractivity contribution >= 4 is 23.4 Å². The van der Waals surface area contributed by atoms with Gasteiger partial charge in [-0.25, -0.2) is 0 Å². The van der Waals surface area contributed by atoms with Crippen molar-refractivity contribution in [2.75, 3.05) is 23.0 Å². The number of thioether (sulfide) groups is 1. The van der Waals surface area contributed by atoms with Crippen LogP contribution in [-0.2, 0) is 4.79 Å². The smallest absolute Gasteiger partial charge is 0.237 e. The van der Waals surface area contributed by atoms with E-state index in [9.17, 15) is 4.79 Å². The Morgan fingerprint density at radius 2 is 2.00 bits per heavy atom. The highest BCUT2D eigenvalue weighted by molar-refractivity contribution is 7.99. The SMILES string of the molecule is CC(C)N(C(=O)CSCCCN)c1ccccc1. The second-order valence-electron chi connectivity index (χ2n) is 4.39. The van der Waals surface area contributed by atoms with E-state index in [2.05, 4.69) is 0 Å². The molecule has 0 aromatic heterocycles. The molecule has 0 fully saturated rings. The summed E-state index contributed by atoms with van der Waals surface area (Å²) >= 11 is 1.66. The largest absolute Gasteiger partial charge is 0.330 e. The van der Waals surface area contributed by atoms with Gasteiger partial charge in [0.15, 0.2) is 0 Å². The van der Waals surface area contributed by atoms with Gasteiger partial charge >= 0.3 is 0 Å². The van der Waals surface area contributed by atoms with Gasteiger partial charge in [0.25, 0.3) is 0 Å². The van der Waals surface area contributed by atoms with Gasteiger partial charge in [0.05, 0.1) is 5.75 Å². The molecule has 100 valence electrons. The quantitative estimate of drug-likeness (QED) is 0.771. The van der Waals surface area contributed by atoms with E-state index in [0.717, 1.165) is 17.9 Å². The number of benzene rings is 1. The van der Waals surface area contributed by atoms with Crippen LogP contribution in [-0.4, -0.2) is 30.0 Å². The Kier molecular flexibility index (Phi) is 6.83. The number of nitrogens with two attached hydrogens (primary N) is 1. The second-order valence-corrected chi connectivity index (χ2v) is 5.49. The molecule has 3 nitrogen and oxygen atoms in total. The van der Waals surface area contributed by atoms with E-state index in [4.69, 9.17) is 5.73 Å². The third-order valence-corrected chi connectivity index (χ3v) is 3.57. The van der Waals surface area contributed by atoms with Crippen LogP contribution in [0.15, 0.2) is 30.3 Å². The fourth-order valence-corrected chi connectivity index (χ4v) is 2.56. The zero-order valence-corrected chi connectivity index (χ0v) is 12.0. The molecule has 0 unspecified atom stereocenters. The summed E-state index contributed by atoms with van der Waals surface area (Å²) in [6, 6.07) is 10.0. The van der Waals surface area contributed by atoms with Gasteiger partial charge in [-0.15, -0.1) is 0 Å². The molecule has 0 heterocycles. The molecule has 0 saturated heterocycles. The van der Waals surface area contributed by atoms with E-state index in [1.54, 1.807) is 11.8 Å². The Bertz CT molecular complexity index is 354. The van der Waals surface area contributed by atoms with E-state index in [1.807, 2.05) is 49.1 Å². The third-order valence-electron chi connectivity index (χ3n) is 2.54. The number of rotatable bonds is 7. The minimum Gasteiger partial charge on any atom is -0.330 e. The third kappa shape index (κ3) is 4.70. The lowest BCUT2D eigenvalue weighted by Gasteiger charge is -2.26. The number of hydrogen-bond donors (Lipinski definition) is 1. The molecule has 0 radical (unpaired) electrons. The fraction of sp³-hybridized carbons (Fsp3) is 0.500. The van der Waals surface area contributed by atoms with Gasteiger partial charge < -0.3 is 10.6 Å². The Hall–Kier alpha value is -1.00. The van der Waals surface area contributed by atoms with Gasteiger partial charge in [0.2, 0.25) is 5.91 Å². The molecule has 1 amide bonds. The zero-order valence-electron chi connectivity index (χ0n) is 11.1. The zero-order chi connectivity index (χ0) is 13.4. The summed E-state index contributed by atoms with van der Waals surface area (Å²) in [4.78, 5) is 14.1. The lowest BCUT2D eigenvalue weighted by Crippen LogP contribution is -2.38. The summed E-state index contributed by atoms with van der Waals surface area (Å²) in [6.07, 6.45) is 0.963. The van der Waals surface area contributed by atoms with Crippen molar-refractivity contribution in [3.8, 4) is 0 Å². The van der Waals surface area contributed by atoms with Gasteiger partial charge in [-0.2, -0.15) is 11.8 Å². The Morgan fingerprint density at radius 3 is 2.56 bits per heavy atom. The molecule has 2 N–H and O–H groups in total. The van der Waals surface area contributed by atoms with Gasteiger partial charge in [0, 0.05) is 11.7 Å². The fourth-order valence-electron chi connectivity index (χ4n) is 1.73. The number of para-hydroxylation sites is 1. The summed E-state index contributed by atoms with van der Waals surface area (Å²) in [6.45, 7) is 4.76. The molecule has 0 spiro atoms. The van der Waals surface area contributed by atoms with Gasteiger partial charge in [-0.1, -0.05) is 18.2 Å². The predicted molar refractivity (Wildman–Crippen MR) is 80.1 cm³/mol. The van der Waals surface area contributed by atoms with Gasteiger partial charge in [-0.3, -0.25) is 4.79 Å². The molecule has 1 rings (SSSR count). The molecule has 1 aromatic carbocycles. The maximum Gasteiger partial charge on any atom is 0.237 e. The normalized spacial score (nSPS) is 10.7. The number of carbonyl (C=O) groups excluding carboxylic acids is 1. The number of anilines is 1. The van der Waals surface area contributed by atoms with Crippen molar-refractivity contribution in [1.82, 2.24) is 0 Å². The van der Waals surface area contributed by atoms with Crippen molar-refractivity contribution in [1.29, 1.82) is 0 Å². The topological polar surface area (TPSA) is 46.3 Å². The van der Waals surface area contributed by atoms with Crippen LogP contribution in [0.3, 0.4) is 0 Å². The first-order valence-electron chi connectivity index (χ1n) is 6.31. The lowest BCUT2D eigenvalue weighted by molar-refractivity contribution is -0.116. The summed E-state index contributed by atoms with van der Waals surface area (Å²) in [5.74, 6) is 1.63. The minimum atomic E-state index is 0.165. The lowest BCUT2D eigenvalue weighted by atomic mass is 10.2. The monoisotopic (exact) mass is 266 g/mol. The number of nitrogens with zero attached hydrogens (tertiary/aromatic N) is 1. The first-order valence-corrected chi connectivity index (χ1v) is 7.47. The Morgan fingerprint density at radius 1 is 1.33 bits per heavy atom. The molecule has 0 aliphatic carbocycles. The maximum absolute atomic E-state index is 12.2. The van der Waals surface area contributed by atoms with Crippen molar-refractivity contribution in [3.05, 3.63) is 30.3 Å². The molecule has 1 aromatic rings. The molecule has 0 aliphatic heterocycles. The van der Waals surface area contributed by atoms with Gasteiger partial charge in [-0.05, 0) is 44.7 Å². The first kappa shape index (κ1) is 15.1. The van der Waals surface area contributed by atoms with Crippen LogP contribution < -0.4 is 10.6 Å². The standard InChI is InChI=1S/C14H22N2OS/c1-12(2)16(13-7-4-3-5-8-13)14(17)11-18-10-6-9-15/h3-5,7-8,12H,6,9-11,15H2,1-2H3. The van der Waals surface area contributed by atoms with Crippen LogP contribution in [0.2, 0.25) is 0 Å². The number of hydrogen-bond acceptors (Lipinski definition) is 3. The van der Waals surface area contributed by atoms with E-state index >= 15 is 0 Å². The van der Waals surface area contributed by atoms with Crippen LogP contribution in [0.25, 0.3) is 0 Å². The van der Waals surface area contributed by atoms with Crippen LogP contribution in [0.1, 0.15) is 20.3 Å². The predicted octanol–water partition coefficient (Wildman–Crippen LogP) is 2.51. The summed E-state index contributed by atoms with van der Waals surface area (Å²) in [5.41, 5.74) is 6.41. The van der Waals surface area contributed by atoms with Gasteiger partial charge in [0.1, 0.15) is 0 Å². The van der Waals surface area contributed by atoms with E-state index in [-0.39, 0.29) is 11.9 Å². The molecule has 0 atom stereocenters. The van der Waals surface area contributed by atoms with Crippen LogP contribution in [0.4, 0.5) is 5.69 Å². The summed E-state index contributed by atoms with van der Waals surface area (Å²) < 4.78 is 0. The van der Waals surface area contributed by atoms with Crippen LogP contribution in [0, 0.1) is 0 Å². The Balaban J connectivity index is 2.60. The van der Waals surface area contributed by atoms with Crippen molar-refractivity contribution in [2.24, 2.45) is 5.73 Å². The van der Waals surface area contributed by atoms with Crippen molar-refractivity contribution in [3.63, 3.8) is 0 Å². The number of carbonyl (C=O) groups is 1. The maximum atomic E-state index is 12.2. The molecule has 0 aliphatic rings. The first-order chi connectivity index (χ1) is 8.66. The van der Waals surface area contributed by atoms with E-state index in [0.29, 0.717) is 12.3 Å². The van der Waals surface area contributed by atoms with E-state index in [1.165, 1.54) is 0 Å². The molecular weight excluding hydrogens is 244 g/mol. The summed E-state index contributed by atoms with van der Waals surface area (Å²) in [7, 11) is 0. The van der Waals surface area contributed by atoms with Crippen molar-refractivity contribution < 1.29 is 4.79 Å². The van der Waals surface area contributed by atoms with Crippen LogP contribution in [0.5, 0.6) is 0 Å². The van der Waals surface area contributed by atoms with E-state index < -0.39 is 0 Å². The highest BCUT2D eigenvalue weighted by Crippen LogP contribution is 2.18. The minimum absolute atomic E-state index is 0.165. The van der Waals surface area contributed by atoms with Crippen molar-refractivity contribution in [2.45, 2.75) is 26.3 Å². The molecule has 4 heteroatoms. The number of amides is 1. The highest BCUT2D eigenvalue weighted by atomic mass is 32.2. The molecule has 0 saturated carbocycles. The Labute approximate surface area is 114 Å².